The van der Waals surface area contributed by atoms with E-state index in [1.807, 2.05) is 6.92 Å². The van der Waals surface area contributed by atoms with Gasteiger partial charge in [-0.3, -0.25) is 4.79 Å². The molecule has 4 heteroatoms. The third kappa shape index (κ3) is 6.08. The van der Waals surface area contributed by atoms with Gasteiger partial charge < -0.3 is 15.0 Å². The van der Waals surface area contributed by atoms with E-state index < -0.39 is 0 Å². The summed E-state index contributed by atoms with van der Waals surface area (Å²) in [6.07, 6.45) is 3.86. The maximum Gasteiger partial charge on any atom is 0.305 e. The van der Waals surface area contributed by atoms with Crippen LogP contribution in [0.5, 0.6) is 0 Å². The Morgan fingerprint density at radius 3 is 2.69 bits per heavy atom. The largest absolute Gasteiger partial charge is 0.466 e. The lowest BCUT2D eigenvalue weighted by atomic mass is 10.2. The molecule has 1 aliphatic heterocycles. The van der Waals surface area contributed by atoms with Gasteiger partial charge in [0.25, 0.3) is 0 Å². The zero-order valence-corrected chi connectivity index (χ0v) is 10.3. The Morgan fingerprint density at radius 2 is 2.00 bits per heavy atom. The fraction of sp³-hybridized carbons (Fsp3) is 0.917. The number of piperazine rings is 1. The molecule has 0 bridgehead atoms. The summed E-state index contributed by atoms with van der Waals surface area (Å²) >= 11 is 0. The van der Waals surface area contributed by atoms with E-state index in [1.165, 1.54) is 13.0 Å². The first-order valence-electron chi connectivity index (χ1n) is 6.41. The van der Waals surface area contributed by atoms with Crippen LogP contribution in [-0.2, 0) is 9.53 Å². The van der Waals surface area contributed by atoms with Crippen molar-refractivity contribution in [3.8, 4) is 0 Å². The predicted octanol–water partition coefficient (Wildman–Crippen LogP) is 1.02. The molecule has 1 saturated heterocycles. The summed E-state index contributed by atoms with van der Waals surface area (Å²) in [6, 6.07) is 0. The highest BCUT2D eigenvalue weighted by atomic mass is 16.5. The molecular weight excluding hydrogens is 204 g/mol. The lowest BCUT2D eigenvalue weighted by Gasteiger charge is -2.26. The SMILES string of the molecule is CCOC(=O)CCCCCN1CCNCC1. The van der Waals surface area contributed by atoms with Gasteiger partial charge in [0.2, 0.25) is 0 Å². The monoisotopic (exact) mass is 228 g/mol. The first-order chi connectivity index (χ1) is 7.83. The highest BCUT2D eigenvalue weighted by molar-refractivity contribution is 5.69. The lowest BCUT2D eigenvalue weighted by Crippen LogP contribution is -2.43. The molecule has 0 aromatic rings. The average Bonchev–Trinajstić information content (AvgIpc) is 2.30. The molecule has 0 atom stereocenters. The van der Waals surface area contributed by atoms with Crippen LogP contribution in [0.25, 0.3) is 0 Å². The van der Waals surface area contributed by atoms with Gasteiger partial charge in [-0.1, -0.05) is 6.42 Å². The van der Waals surface area contributed by atoms with E-state index in [9.17, 15) is 4.79 Å². The van der Waals surface area contributed by atoms with Crippen molar-refractivity contribution in [1.82, 2.24) is 10.2 Å². The molecule has 1 rings (SSSR count). The number of nitrogens with one attached hydrogen (secondary N) is 1. The fourth-order valence-corrected chi connectivity index (χ4v) is 1.95. The summed E-state index contributed by atoms with van der Waals surface area (Å²) in [4.78, 5) is 13.6. The second kappa shape index (κ2) is 8.53. The van der Waals surface area contributed by atoms with Gasteiger partial charge in [-0.25, -0.2) is 0 Å². The Morgan fingerprint density at radius 1 is 1.25 bits per heavy atom. The Balaban J connectivity index is 1.89. The molecule has 16 heavy (non-hydrogen) atoms. The Kier molecular flexibility index (Phi) is 7.17. The molecule has 0 aliphatic carbocycles. The lowest BCUT2D eigenvalue weighted by molar-refractivity contribution is -0.143. The van der Waals surface area contributed by atoms with Crippen LogP contribution in [0.2, 0.25) is 0 Å². The number of carbonyl (C=O) groups is 1. The minimum absolute atomic E-state index is 0.0512. The molecule has 0 saturated carbocycles. The molecule has 1 aliphatic rings. The molecule has 1 N–H and O–H groups in total. The van der Waals surface area contributed by atoms with Gasteiger partial charge in [-0.15, -0.1) is 0 Å². The number of rotatable bonds is 7. The normalized spacial score (nSPS) is 17.3. The topological polar surface area (TPSA) is 41.6 Å². The Labute approximate surface area is 98.3 Å². The van der Waals surface area contributed by atoms with Gasteiger partial charge >= 0.3 is 5.97 Å². The number of hydrogen-bond acceptors (Lipinski definition) is 4. The van der Waals surface area contributed by atoms with Gasteiger partial charge in [-0.2, -0.15) is 0 Å². The minimum atomic E-state index is -0.0512. The van der Waals surface area contributed by atoms with E-state index in [-0.39, 0.29) is 5.97 Å². The highest BCUT2D eigenvalue weighted by Crippen LogP contribution is 2.03. The van der Waals surface area contributed by atoms with E-state index in [0.717, 1.165) is 39.0 Å². The molecule has 94 valence electrons. The molecule has 0 aromatic carbocycles. The molecule has 0 amide bonds. The summed E-state index contributed by atoms with van der Waals surface area (Å²) in [7, 11) is 0. The predicted molar refractivity (Wildman–Crippen MR) is 64.4 cm³/mol. The smallest absolute Gasteiger partial charge is 0.305 e. The summed E-state index contributed by atoms with van der Waals surface area (Å²) in [5.74, 6) is -0.0512. The minimum Gasteiger partial charge on any atom is -0.466 e. The van der Waals surface area contributed by atoms with Crippen LogP contribution >= 0.6 is 0 Å². The second-order valence-electron chi connectivity index (χ2n) is 4.21. The number of nitrogens with zero attached hydrogens (tertiary/aromatic N) is 1. The zero-order valence-electron chi connectivity index (χ0n) is 10.3. The van der Waals surface area contributed by atoms with Crippen molar-refractivity contribution in [3.05, 3.63) is 0 Å². The van der Waals surface area contributed by atoms with Crippen LogP contribution in [-0.4, -0.2) is 50.2 Å². The molecule has 0 unspecified atom stereocenters. The molecular formula is C12H24N2O2. The van der Waals surface area contributed by atoms with Crippen molar-refractivity contribution in [2.45, 2.75) is 32.6 Å². The van der Waals surface area contributed by atoms with Crippen LogP contribution < -0.4 is 5.32 Å². The Hall–Kier alpha value is -0.610. The maximum atomic E-state index is 11.1. The molecule has 1 fully saturated rings. The number of ether oxygens (including phenoxy) is 1. The summed E-state index contributed by atoms with van der Waals surface area (Å²) in [5, 5.41) is 3.34. The first kappa shape index (κ1) is 13.5. The molecule has 4 nitrogen and oxygen atoms in total. The quantitative estimate of drug-likeness (QED) is 0.522. The van der Waals surface area contributed by atoms with Crippen molar-refractivity contribution in [1.29, 1.82) is 0 Å². The van der Waals surface area contributed by atoms with Crippen molar-refractivity contribution in [3.63, 3.8) is 0 Å². The molecule has 1 heterocycles. The van der Waals surface area contributed by atoms with E-state index in [0.29, 0.717) is 13.0 Å². The summed E-state index contributed by atoms with van der Waals surface area (Å²) < 4.78 is 4.88. The van der Waals surface area contributed by atoms with Crippen LogP contribution in [0.15, 0.2) is 0 Å². The number of hydrogen-bond donors (Lipinski definition) is 1. The van der Waals surface area contributed by atoms with Gasteiger partial charge in [0.05, 0.1) is 6.61 Å². The van der Waals surface area contributed by atoms with Gasteiger partial charge in [0.15, 0.2) is 0 Å². The number of esters is 1. The van der Waals surface area contributed by atoms with E-state index >= 15 is 0 Å². The van der Waals surface area contributed by atoms with Crippen LogP contribution in [0.3, 0.4) is 0 Å². The maximum absolute atomic E-state index is 11.1. The van der Waals surface area contributed by atoms with Crippen molar-refractivity contribution >= 4 is 5.97 Å². The van der Waals surface area contributed by atoms with E-state index in [4.69, 9.17) is 4.74 Å². The third-order valence-corrected chi connectivity index (χ3v) is 2.87. The van der Waals surface area contributed by atoms with Crippen molar-refractivity contribution in [2.24, 2.45) is 0 Å². The highest BCUT2D eigenvalue weighted by Gasteiger charge is 2.08. The van der Waals surface area contributed by atoms with Gasteiger partial charge in [0, 0.05) is 32.6 Å². The van der Waals surface area contributed by atoms with Gasteiger partial charge in [-0.05, 0) is 26.3 Å². The number of unbranched alkanes of at least 4 members (excludes halogenated alkanes) is 2. The summed E-state index contributed by atoms with van der Waals surface area (Å²) in [6.45, 7) is 8.08. The van der Waals surface area contributed by atoms with E-state index in [1.54, 1.807) is 0 Å². The zero-order chi connectivity index (χ0) is 11.6. The standard InChI is InChI=1S/C12H24N2O2/c1-2-16-12(15)6-4-3-5-9-14-10-7-13-8-11-14/h13H,2-11H2,1H3. The third-order valence-electron chi connectivity index (χ3n) is 2.87. The average molecular weight is 228 g/mol. The van der Waals surface area contributed by atoms with Crippen LogP contribution in [0.4, 0.5) is 0 Å². The van der Waals surface area contributed by atoms with Crippen molar-refractivity contribution in [2.75, 3.05) is 39.3 Å². The number of carbonyl (C=O) groups excluding carboxylic acids is 1. The molecule has 0 radical (unpaired) electrons. The fourth-order valence-electron chi connectivity index (χ4n) is 1.95. The van der Waals surface area contributed by atoms with Crippen molar-refractivity contribution < 1.29 is 9.53 Å². The Bertz CT molecular complexity index is 191. The first-order valence-corrected chi connectivity index (χ1v) is 6.41. The molecule has 0 spiro atoms. The summed E-state index contributed by atoms with van der Waals surface area (Å²) in [5.41, 5.74) is 0. The van der Waals surface area contributed by atoms with Gasteiger partial charge in [0.1, 0.15) is 0 Å². The van der Waals surface area contributed by atoms with Crippen LogP contribution in [0.1, 0.15) is 32.6 Å². The van der Waals surface area contributed by atoms with E-state index in [2.05, 4.69) is 10.2 Å². The van der Waals surface area contributed by atoms with Crippen LogP contribution in [0, 0.1) is 0 Å². The second-order valence-corrected chi connectivity index (χ2v) is 4.21. The molecule has 0 aromatic heterocycles.